The van der Waals surface area contributed by atoms with Crippen molar-refractivity contribution in [3.63, 3.8) is 0 Å². The van der Waals surface area contributed by atoms with E-state index in [0.29, 0.717) is 17.6 Å². The van der Waals surface area contributed by atoms with Gasteiger partial charge in [-0.05, 0) is 33.8 Å². The van der Waals surface area contributed by atoms with Crippen LogP contribution in [-0.4, -0.2) is 29.9 Å². The zero-order valence-corrected chi connectivity index (χ0v) is 15.3. The monoisotopic (exact) mass is 344 g/mol. The highest BCUT2D eigenvalue weighted by molar-refractivity contribution is 6.09. The molecule has 2 aliphatic carbocycles. The topological polar surface area (TPSA) is 69.7 Å². The molecule has 0 aromatic rings. The smallest absolute Gasteiger partial charge is 0.333 e. The van der Waals surface area contributed by atoms with E-state index in [0.717, 1.165) is 11.1 Å². The van der Waals surface area contributed by atoms with Crippen LogP contribution < -0.4 is 0 Å². The Morgan fingerprint density at radius 2 is 2.00 bits per heavy atom. The van der Waals surface area contributed by atoms with E-state index in [4.69, 9.17) is 9.47 Å². The van der Waals surface area contributed by atoms with Crippen molar-refractivity contribution < 1.29 is 23.9 Å². The number of carbonyl (C=O) groups excluding carboxylic acids is 3. The van der Waals surface area contributed by atoms with Gasteiger partial charge in [-0.3, -0.25) is 9.59 Å². The number of ketones is 1. The second kappa shape index (κ2) is 6.28. The molecule has 1 aliphatic heterocycles. The number of hydrogen-bond acceptors (Lipinski definition) is 5. The van der Waals surface area contributed by atoms with Gasteiger partial charge in [0, 0.05) is 29.4 Å². The summed E-state index contributed by atoms with van der Waals surface area (Å²) in [7, 11) is 0. The van der Waals surface area contributed by atoms with Crippen LogP contribution in [0.15, 0.2) is 34.4 Å². The van der Waals surface area contributed by atoms with Crippen LogP contribution in [0.5, 0.6) is 0 Å². The number of hydrogen-bond donors (Lipinski definition) is 0. The maximum atomic E-state index is 12.4. The second-order valence-corrected chi connectivity index (χ2v) is 7.31. The fraction of sp³-hybridized carbons (Fsp3) is 0.550. The number of fused-ring (bicyclic) bond motifs is 3. The van der Waals surface area contributed by atoms with E-state index in [1.165, 1.54) is 0 Å². The first-order valence-corrected chi connectivity index (χ1v) is 8.72. The van der Waals surface area contributed by atoms with Gasteiger partial charge in [0.25, 0.3) is 0 Å². The van der Waals surface area contributed by atoms with Gasteiger partial charge in [-0.1, -0.05) is 24.1 Å². The Kier molecular flexibility index (Phi) is 4.43. The number of rotatable bonds is 2. The Morgan fingerprint density at radius 3 is 2.64 bits per heavy atom. The van der Waals surface area contributed by atoms with E-state index in [1.54, 1.807) is 26.0 Å². The van der Waals surface area contributed by atoms with Crippen molar-refractivity contribution >= 4 is 17.7 Å². The SMILES string of the molecule is C/C=C(/C)C(=O)O[C@H]1CC(C)=C2C(=O)C=C(C)[C@H]2[C@@H]2OC(=O)[C@H](C)[C@@H]21. The molecule has 0 saturated carbocycles. The van der Waals surface area contributed by atoms with E-state index in [9.17, 15) is 14.4 Å². The van der Waals surface area contributed by atoms with Crippen LogP contribution in [0.2, 0.25) is 0 Å². The summed E-state index contributed by atoms with van der Waals surface area (Å²) in [5.41, 5.74) is 3.05. The Balaban J connectivity index is 2.02. The van der Waals surface area contributed by atoms with Gasteiger partial charge in [-0.2, -0.15) is 0 Å². The fourth-order valence-electron chi connectivity index (χ4n) is 4.26. The van der Waals surface area contributed by atoms with Crippen molar-refractivity contribution in [1.29, 1.82) is 0 Å². The molecule has 3 aliphatic rings. The van der Waals surface area contributed by atoms with Crippen LogP contribution in [0, 0.1) is 17.8 Å². The summed E-state index contributed by atoms with van der Waals surface area (Å²) >= 11 is 0. The third-order valence-corrected chi connectivity index (χ3v) is 5.74. The van der Waals surface area contributed by atoms with Crippen LogP contribution in [0.25, 0.3) is 0 Å². The maximum Gasteiger partial charge on any atom is 0.333 e. The molecule has 1 heterocycles. The minimum atomic E-state index is -0.479. The first-order valence-electron chi connectivity index (χ1n) is 8.72. The van der Waals surface area contributed by atoms with Gasteiger partial charge in [-0.25, -0.2) is 4.79 Å². The van der Waals surface area contributed by atoms with E-state index in [2.05, 4.69) is 0 Å². The average Bonchev–Trinajstić information content (AvgIpc) is 2.96. The predicted octanol–water partition coefficient (Wildman–Crippen LogP) is 2.91. The maximum absolute atomic E-state index is 12.4. The molecule has 5 atom stereocenters. The van der Waals surface area contributed by atoms with E-state index >= 15 is 0 Å². The lowest BCUT2D eigenvalue weighted by molar-refractivity contribution is -0.148. The fourth-order valence-corrected chi connectivity index (χ4v) is 4.26. The van der Waals surface area contributed by atoms with Crippen LogP contribution in [0.3, 0.4) is 0 Å². The van der Waals surface area contributed by atoms with Crippen LogP contribution >= 0.6 is 0 Å². The summed E-state index contributed by atoms with van der Waals surface area (Å²) in [6.45, 7) is 9.09. The Bertz CT molecular complexity index is 739. The summed E-state index contributed by atoms with van der Waals surface area (Å²) in [6, 6.07) is 0. The molecule has 0 amide bonds. The minimum Gasteiger partial charge on any atom is -0.461 e. The first kappa shape index (κ1) is 17.6. The summed E-state index contributed by atoms with van der Waals surface area (Å²) in [5.74, 6) is -1.55. The summed E-state index contributed by atoms with van der Waals surface area (Å²) < 4.78 is 11.4. The Hall–Kier alpha value is -2.17. The lowest BCUT2D eigenvalue weighted by Gasteiger charge is -2.29. The number of ether oxygens (including phenoxy) is 2. The van der Waals surface area contributed by atoms with Crippen molar-refractivity contribution in [3.05, 3.63) is 34.4 Å². The van der Waals surface area contributed by atoms with Crippen molar-refractivity contribution in [1.82, 2.24) is 0 Å². The van der Waals surface area contributed by atoms with Gasteiger partial charge in [0.2, 0.25) is 0 Å². The lowest BCUT2D eigenvalue weighted by atomic mass is 9.79. The van der Waals surface area contributed by atoms with E-state index < -0.39 is 12.2 Å². The average molecular weight is 344 g/mol. The molecule has 5 nitrogen and oxygen atoms in total. The van der Waals surface area contributed by atoms with E-state index in [1.807, 2.05) is 20.8 Å². The molecule has 0 bridgehead atoms. The van der Waals surface area contributed by atoms with Crippen LogP contribution in [0.4, 0.5) is 0 Å². The standard InChI is InChI=1S/C20H24O5/c1-6-9(2)19(22)24-14-8-11(4)15-13(21)7-10(3)16(15)18-17(14)12(5)20(23)25-18/h6-7,12,14,16-18H,8H2,1-5H3/b9-6-/t12-,14+,16-,17-,18+/m1/s1. The molecule has 5 heteroatoms. The molecular formula is C20H24O5. The van der Waals surface area contributed by atoms with Crippen molar-refractivity contribution in [2.45, 2.75) is 53.2 Å². The molecule has 0 aromatic heterocycles. The lowest BCUT2D eigenvalue weighted by Crippen LogP contribution is -2.38. The molecular weight excluding hydrogens is 320 g/mol. The molecule has 134 valence electrons. The van der Waals surface area contributed by atoms with Crippen LogP contribution in [-0.2, 0) is 23.9 Å². The molecule has 0 spiro atoms. The molecule has 0 unspecified atom stereocenters. The van der Waals surface area contributed by atoms with Gasteiger partial charge >= 0.3 is 11.9 Å². The van der Waals surface area contributed by atoms with E-state index in [-0.39, 0.29) is 35.5 Å². The Labute approximate surface area is 147 Å². The predicted molar refractivity (Wildman–Crippen MR) is 91.4 cm³/mol. The summed E-state index contributed by atoms with van der Waals surface area (Å²) in [5, 5.41) is 0. The Morgan fingerprint density at radius 1 is 1.32 bits per heavy atom. The number of allylic oxidation sites excluding steroid dienone is 2. The highest BCUT2D eigenvalue weighted by Crippen LogP contribution is 2.48. The van der Waals surface area contributed by atoms with Crippen LogP contribution in [0.1, 0.15) is 41.0 Å². The summed E-state index contributed by atoms with van der Waals surface area (Å²) in [4.78, 5) is 37.0. The quantitative estimate of drug-likeness (QED) is 0.569. The van der Waals surface area contributed by atoms with Gasteiger partial charge in [-0.15, -0.1) is 0 Å². The molecule has 1 fully saturated rings. The molecule has 0 N–H and O–H groups in total. The molecule has 0 aromatic carbocycles. The number of carbonyl (C=O) groups is 3. The number of esters is 2. The highest BCUT2D eigenvalue weighted by Gasteiger charge is 2.55. The normalized spacial score (nSPS) is 35.0. The van der Waals surface area contributed by atoms with Crippen molar-refractivity contribution in [2.75, 3.05) is 0 Å². The molecule has 1 saturated heterocycles. The first-order chi connectivity index (χ1) is 11.8. The zero-order chi connectivity index (χ0) is 18.5. The third kappa shape index (κ3) is 2.75. The molecule has 25 heavy (non-hydrogen) atoms. The van der Waals surface area contributed by atoms with Crippen molar-refractivity contribution in [2.24, 2.45) is 17.8 Å². The molecule has 0 radical (unpaired) electrons. The van der Waals surface area contributed by atoms with Gasteiger partial charge < -0.3 is 9.47 Å². The summed E-state index contributed by atoms with van der Waals surface area (Å²) in [6.07, 6.45) is 2.85. The highest BCUT2D eigenvalue weighted by atomic mass is 16.6. The van der Waals surface area contributed by atoms with Gasteiger partial charge in [0.05, 0.1) is 5.92 Å². The second-order valence-electron chi connectivity index (χ2n) is 7.31. The van der Waals surface area contributed by atoms with Gasteiger partial charge in [0.1, 0.15) is 12.2 Å². The largest absolute Gasteiger partial charge is 0.461 e. The van der Waals surface area contributed by atoms with Gasteiger partial charge in [0.15, 0.2) is 5.78 Å². The van der Waals surface area contributed by atoms with Crippen molar-refractivity contribution in [3.8, 4) is 0 Å². The third-order valence-electron chi connectivity index (χ3n) is 5.74. The molecule has 3 rings (SSSR count). The zero-order valence-electron chi connectivity index (χ0n) is 15.3. The minimum absolute atomic E-state index is 0.0223.